The number of likely N-dealkylation sites (tertiary alicyclic amines) is 1. The first-order valence-corrected chi connectivity index (χ1v) is 6.84. The molecule has 0 spiro atoms. The lowest BCUT2D eigenvalue weighted by Crippen LogP contribution is -2.40. The van der Waals surface area contributed by atoms with Gasteiger partial charge in [0.05, 0.1) is 11.3 Å². The molecule has 5 heteroatoms. The number of nitrogen functional groups attached to an aromatic ring is 1. The number of amides is 1. The van der Waals surface area contributed by atoms with Crippen molar-refractivity contribution in [3.8, 4) is 0 Å². The van der Waals surface area contributed by atoms with Crippen molar-refractivity contribution in [2.75, 3.05) is 25.1 Å². The van der Waals surface area contributed by atoms with Crippen LogP contribution < -0.4 is 16.6 Å². The average Bonchev–Trinajstić information content (AvgIpc) is 2.92. The number of benzene rings is 1. The van der Waals surface area contributed by atoms with Crippen LogP contribution in [0.2, 0.25) is 0 Å². The van der Waals surface area contributed by atoms with Gasteiger partial charge >= 0.3 is 0 Å². The minimum Gasteiger partial charge on any atom is -0.350 e. The molecule has 1 aliphatic rings. The highest BCUT2D eigenvalue weighted by Crippen LogP contribution is 2.17. The van der Waals surface area contributed by atoms with E-state index in [1.807, 2.05) is 12.1 Å². The summed E-state index contributed by atoms with van der Waals surface area (Å²) in [6, 6.07) is 7.72. The molecule has 4 N–H and O–H groups in total. The molecule has 1 atom stereocenters. The highest BCUT2D eigenvalue weighted by molar-refractivity contribution is 5.99. The second-order valence-electron chi connectivity index (χ2n) is 4.82. The maximum Gasteiger partial charge on any atom is 0.253 e. The Labute approximate surface area is 114 Å². The van der Waals surface area contributed by atoms with Crippen LogP contribution in [-0.4, -0.2) is 36.5 Å². The molecule has 1 aromatic rings. The van der Waals surface area contributed by atoms with Crippen molar-refractivity contribution in [2.45, 2.75) is 25.8 Å². The van der Waals surface area contributed by atoms with Gasteiger partial charge in [-0.15, -0.1) is 0 Å². The van der Waals surface area contributed by atoms with Gasteiger partial charge in [-0.25, -0.2) is 0 Å². The van der Waals surface area contributed by atoms with Crippen molar-refractivity contribution in [3.05, 3.63) is 29.8 Å². The van der Waals surface area contributed by atoms with Gasteiger partial charge in [0.15, 0.2) is 0 Å². The number of para-hydroxylation sites is 1. The summed E-state index contributed by atoms with van der Waals surface area (Å²) in [6.45, 7) is 5.04. The molecule has 1 amide bonds. The summed E-state index contributed by atoms with van der Waals surface area (Å²) in [5.41, 5.74) is 3.79. The van der Waals surface area contributed by atoms with Crippen LogP contribution in [0.4, 0.5) is 5.69 Å². The molecule has 19 heavy (non-hydrogen) atoms. The van der Waals surface area contributed by atoms with Crippen LogP contribution in [0.1, 0.15) is 30.1 Å². The molecule has 1 saturated heterocycles. The fraction of sp³-hybridized carbons (Fsp3) is 0.500. The Balaban J connectivity index is 1.94. The third kappa shape index (κ3) is 3.24. The Kier molecular flexibility index (Phi) is 4.76. The Hall–Kier alpha value is -1.59. The molecule has 0 radical (unpaired) electrons. The SMILES string of the molecule is CCN1CCCC1CNC(=O)c1ccccc1NN. The molecule has 5 nitrogen and oxygen atoms in total. The number of nitrogens with two attached hydrogens (primary N) is 1. The number of hydrogen-bond donors (Lipinski definition) is 3. The van der Waals surface area contributed by atoms with Crippen LogP contribution in [0.25, 0.3) is 0 Å². The summed E-state index contributed by atoms with van der Waals surface area (Å²) < 4.78 is 0. The molecule has 1 aliphatic heterocycles. The molecular weight excluding hydrogens is 240 g/mol. The Bertz CT molecular complexity index is 435. The number of hydrogen-bond acceptors (Lipinski definition) is 4. The van der Waals surface area contributed by atoms with Crippen LogP contribution in [0.3, 0.4) is 0 Å². The number of carbonyl (C=O) groups excluding carboxylic acids is 1. The van der Waals surface area contributed by atoms with Gasteiger partial charge in [0.25, 0.3) is 5.91 Å². The first-order valence-electron chi connectivity index (χ1n) is 6.84. The molecule has 104 valence electrons. The number of nitrogens with zero attached hydrogens (tertiary/aromatic N) is 1. The largest absolute Gasteiger partial charge is 0.350 e. The maximum atomic E-state index is 12.2. The lowest BCUT2D eigenvalue weighted by atomic mass is 10.1. The topological polar surface area (TPSA) is 70.4 Å². The maximum absolute atomic E-state index is 12.2. The molecule has 1 heterocycles. The van der Waals surface area contributed by atoms with Gasteiger partial charge in [0.1, 0.15) is 0 Å². The predicted molar refractivity (Wildman–Crippen MR) is 76.9 cm³/mol. The van der Waals surface area contributed by atoms with Crippen molar-refractivity contribution in [2.24, 2.45) is 5.84 Å². The number of carbonyl (C=O) groups is 1. The van der Waals surface area contributed by atoms with Crippen LogP contribution in [-0.2, 0) is 0 Å². The van der Waals surface area contributed by atoms with E-state index in [-0.39, 0.29) is 5.91 Å². The highest BCUT2D eigenvalue weighted by atomic mass is 16.1. The van der Waals surface area contributed by atoms with Crippen molar-refractivity contribution in [1.82, 2.24) is 10.2 Å². The summed E-state index contributed by atoms with van der Waals surface area (Å²) in [5, 5.41) is 3.00. The highest BCUT2D eigenvalue weighted by Gasteiger charge is 2.23. The molecule has 0 aromatic heterocycles. The lowest BCUT2D eigenvalue weighted by molar-refractivity contribution is 0.0942. The van der Waals surface area contributed by atoms with Crippen molar-refractivity contribution >= 4 is 11.6 Å². The molecule has 0 bridgehead atoms. The number of nitrogens with one attached hydrogen (secondary N) is 2. The third-order valence-corrected chi connectivity index (χ3v) is 3.73. The van der Waals surface area contributed by atoms with Gasteiger partial charge < -0.3 is 10.7 Å². The standard InChI is InChI=1S/C14H22N4O/c1-2-18-9-5-6-11(18)10-16-14(19)12-7-3-4-8-13(12)17-15/h3-4,7-8,11,17H,2,5-6,9-10,15H2,1H3,(H,16,19). The fourth-order valence-corrected chi connectivity index (χ4v) is 2.66. The predicted octanol–water partition coefficient (Wildman–Crippen LogP) is 1.19. The van der Waals surface area contributed by atoms with Gasteiger partial charge in [-0.3, -0.25) is 15.5 Å². The van der Waals surface area contributed by atoms with Crippen LogP contribution in [0.15, 0.2) is 24.3 Å². The minimum absolute atomic E-state index is 0.0727. The van der Waals surface area contributed by atoms with E-state index in [0.717, 1.165) is 19.5 Å². The monoisotopic (exact) mass is 262 g/mol. The summed E-state index contributed by atoms with van der Waals surface area (Å²) >= 11 is 0. The quantitative estimate of drug-likeness (QED) is 0.550. The lowest BCUT2D eigenvalue weighted by Gasteiger charge is -2.23. The van der Waals surface area contributed by atoms with E-state index in [2.05, 4.69) is 22.6 Å². The summed E-state index contributed by atoms with van der Waals surface area (Å²) in [6.07, 6.45) is 2.38. The second-order valence-corrected chi connectivity index (χ2v) is 4.82. The van der Waals surface area contributed by atoms with Gasteiger partial charge in [-0.05, 0) is 38.1 Å². The third-order valence-electron chi connectivity index (χ3n) is 3.73. The molecule has 1 aromatic carbocycles. The first kappa shape index (κ1) is 13.8. The Morgan fingerprint density at radius 1 is 1.47 bits per heavy atom. The van der Waals surface area contributed by atoms with E-state index < -0.39 is 0 Å². The molecule has 0 aliphatic carbocycles. The first-order chi connectivity index (χ1) is 9.26. The van der Waals surface area contributed by atoms with E-state index in [9.17, 15) is 4.79 Å². The number of likely N-dealkylation sites (N-methyl/N-ethyl adjacent to an activating group) is 1. The smallest absolute Gasteiger partial charge is 0.253 e. The van der Waals surface area contributed by atoms with E-state index in [0.29, 0.717) is 23.8 Å². The van der Waals surface area contributed by atoms with Gasteiger partial charge in [0, 0.05) is 12.6 Å². The average molecular weight is 262 g/mol. The normalized spacial score (nSPS) is 19.4. The number of rotatable bonds is 5. The van der Waals surface area contributed by atoms with Gasteiger partial charge in [0.2, 0.25) is 0 Å². The van der Waals surface area contributed by atoms with Crippen molar-refractivity contribution < 1.29 is 4.79 Å². The Morgan fingerprint density at radius 2 is 2.26 bits per heavy atom. The van der Waals surface area contributed by atoms with E-state index in [1.165, 1.54) is 6.42 Å². The van der Waals surface area contributed by atoms with Gasteiger partial charge in [-0.1, -0.05) is 19.1 Å². The zero-order valence-corrected chi connectivity index (χ0v) is 11.4. The van der Waals surface area contributed by atoms with Crippen LogP contribution in [0.5, 0.6) is 0 Å². The summed E-state index contributed by atoms with van der Waals surface area (Å²) in [5.74, 6) is 5.34. The number of hydrazine groups is 1. The molecular formula is C14H22N4O. The second kappa shape index (κ2) is 6.54. The van der Waals surface area contributed by atoms with Gasteiger partial charge in [-0.2, -0.15) is 0 Å². The van der Waals surface area contributed by atoms with Crippen LogP contribution >= 0.6 is 0 Å². The summed E-state index contributed by atoms with van der Waals surface area (Å²) in [4.78, 5) is 14.6. The van der Waals surface area contributed by atoms with E-state index in [4.69, 9.17) is 5.84 Å². The van der Waals surface area contributed by atoms with Crippen molar-refractivity contribution in [3.63, 3.8) is 0 Å². The summed E-state index contributed by atoms with van der Waals surface area (Å²) in [7, 11) is 0. The molecule has 1 fully saturated rings. The molecule has 1 unspecified atom stereocenters. The molecule has 2 rings (SSSR count). The zero-order valence-electron chi connectivity index (χ0n) is 11.4. The number of anilines is 1. The van der Waals surface area contributed by atoms with E-state index >= 15 is 0 Å². The van der Waals surface area contributed by atoms with Crippen molar-refractivity contribution in [1.29, 1.82) is 0 Å². The Morgan fingerprint density at radius 3 is 3.00 bits per heavy atom. The zero-order chi connectivity index (χ0) is 13.7. The minimum atomic E-state index is -0.0727. The van der Waals surface area contributed by atoms with Crippen LogP contribution in [0, 0.1) is 0 Å². The van der Waals surface area contributed by atoms with E-state index in [1.54, 1.807) is 12.1 Å². The fourth-order valence-electron chi connectivity index (χ4n) is 2.66. The molecule has 0 saturated carbocycles.